The minimum Gasteiger partial charge on any atom is -0.481 e. The highest BCUT2D eigenvalue weighted by Gasteiger charge is 2.25. The van der Waals surface area contributed by atoms with E-state index in [1.807, 2.05) is 24.3 Å². The number of unbranched alkanes of at least 4 members (excludes halogenated alkanes) is 4. The Morgan fingerprint density at radius 3 is 2.89 bits per heavy atom. The molecule has 1 atom stereocenters. The van der Waals surface area contributed by atoms with Gasteiger partial charge in [0.1, 0.15) is 5.75 Å². The number of hydrogen-bond donors (Lipinski definition) is 0. The van der Waals surface area contributed by atoms with E-state index in [-0.39, 0.29) is 11.9 Å². The molecule has 104 valence electrons. The standard InChI is InChI=1S/C16H22O2S/c1-2-3-4-5-6-9-13(17)15-12-19-16-11-8-7-10-14(16)18-15/h7-8,10-11,15H,2-6,9,12H2,1H3. The summed E-state index contributed by atoms with van der Waals surface area (Å²) in [5.74, 6) is 1.88. The van der Waals surface area contributed by atoms with Crippen molar-refractivity contribution < 1.29 is 9.53 Å². The van der Waals surface area contributed by atoms with Gasteiger partial charge in [-0.05, 0) is 18.6 Å². The van der Waals surface area contributed by atoms with Gasteiger partial charge in [0, 0.05) is 17.1 Å². The number of hydrogen-bond acceptors (Lipinski definition) is 3. The molecule has 0 bridgehead atoms. The molecule has 0 aromatic heterocycles. The van der Waals surface area contributed by atoms with Crippen LogP contribution in [0, 0.1) is 0 Å². The summed E-state index contributed by atoms with van der Waals surface area (Å²) in [4.78, 5) is 13.2. The highest BCUT2D eigenvalue weighted by molar-refractivity contribution is 7.99. The number of thioether (sulfide) groups is 1. The molecule has 0 saturated heterocycles. The maximum absolute atomic E-state index is 12.1. The number of ether oxygens (including phenoxy) is 1. The molecule has 2 nitrogen and oxygen atoms in total. The number of fused-ring (bicyclic) bond motifs is 1. The van der Waals surface area contributed by atoms with E-state index in [0.717, 1.165) is 29.2 Å². The van der Waals surface area contributed by atoms with Crippen molar-refractivity contribution in [1.82, 2.24) is 0 Å². The number of para-hydroxylation sites is 1. The molecule has 1 heterocycles. The van der Waals surface area contributed by atoms with Crippen molar-refractivity contribution in [2.45, 2.75) is 56.4 Å². The molecular formula is C16H22O2S. The second-order valence-corrected chi connectivity index (χ2v) is 6.06. The third-order valence-corrected chi connectivity index (χ3v) is 4.51. The largest absolute Gasteiger partial charge is 0.481 e. The first-order valence-electron chi connectivity index (χ1n) is 7.22. The molecule has 1 aromatic rings. The molecular weight excluding hydrogens is 256 g/mol. The predicted octanol–water partition coefficient (Wildman–Crippen LogP) is 4.47. The molecule has 19 heavy (non-hydrogen) atoms. The Kier molecular flexibility index (Phi) is 5.77. The van der Waals surface area contributed by atoms with Gasteiger partial charge in [0.05, 0.1) is 0 Å². The van der Waals surface area contributed by atoms with Crippen LogP contribution in [0.4, 0.5) is 0 Å². The molecule has 0 spiro atoms. The van der Waals surface area contributed by atoms with Crippen molar-refractivity contribution in [2.24, 2.45) is 0 Å². The third kappa shape index (κ3) is 4.27. The van der Waals surface area contributed by atoms with Crippen molar-refractivity contribution in [3.05, 3.63) is 24.3 Å². The molecule has 0 N–H and O–H groups in total. The molecule has 1 aliphatic heterocycles. The van der Waals surface area contributed by atoms with Gasteiger partial charge in [0.2, 0.25) is 0 Å². The van der Waals surface area contributed by atoms with E-state index in [0.29, 0.717) is 6.42 Å². The quantitative estimate of drug-likeness (QED) is 0.688. The van der Waals surface area contributed by atoms with E-state index in [1.165, 1.54) is 19.3 Å². The first kappa shape index (κ1) is 14.4. The fourth-order valence-corrected chi connectivity index (χ4v) is 3.26. The van der Waals surface area contributed by atoms with Crippen LogP contribution in [0.1, 0.15) is 45.4 Å². The van der Waals surface area contributed by atoms with Crippen LogP contribution in [0.15, 0.2) is 29.2 Å². The van der Waals surface area contributed by atoms with Crippen molar-refractivity contribution in [3.63, 3.8) is 0 Å². The van der Waals surface area contributed by atoms with Crippen LogP contribution in [0.2, 0.25) is 0 Å². The highest BCUT2D eigenvalue weighted by Crippen LogP contribution is 2.35. The summed E-state index contributed by atoms with van der Waals surface area (Å²) < 4.78 is 5.80. The molecule has 0 radical (unpaired) electrons. The zero-order chi connectivity index (χ0) is 13.5. The Hall–Kier alpha value is -0.960. The second-order valence-electron chi connectivity index (χ2n) is 4.99. The van der Waals surface area contributed by atoms with Gasteiger partial charge < -0.3 is 4.74 Å². The number of Topliss-reactive ketones (excluding diaryl/α,β-unsaturated/α-hetero) is 1. The Bertz CT molecular complexity index is 417. The van der Waals surface area contributed by atoms with E-state index < -0.39 is 0 Å². The fraction of sp³-hybridized carbons (Fsp3) is 0.562. The summed E-state index contributed by atoms with van der Waals surface area (Å²) in [5, 5.41) is 0. The lowest BCUT2D eigenvalue weighted by Crippen LogP contribution is -2.32. The minimum absolute atomic E-state index is 0.244. The van der Waals surface area contributed by atoms with Crippen LogP contribution < -0.4 is 4.74 Å². The predicted molar refractivity (Wildman–Crippen MR) is 80.0 cm³/mol. The summed E-state index contributed by atoms with van der Waals surface area (Å²) in [6, 6.07) is 7.95. The van der Waals surface area contributed by atoms with E-state index in [1.54, 1.807) is 11.8 Å². The third-order valence-electron chi connectivity index (χ3n) is 3.39. The highest BCUT2D eigenvalue weighted by atomic mass is 32.2. The Morgan fingerprint density at radius 1 is 1.26 bits per heavy atom. The molecule has 3 heteroatoms. The topological polar surface area (TPSA) is 26.3 Å². The smallest absolute Gasteiger partial charge is 0.174 e. The molecule has 2 rings (SSSR count). The lowest BCUT2D eigenvalue weighted by Gasteiger charge is -2.24. The van der Waals surface area contributed by atoms with Gasteiger partial charge in [-0.15, -0.1) is 11.8 Å². The van der Waals surface area contributed by atoms with E-state index in [9.17, 15) is 4.79 Å². The van der Waals surface area contributed by atoms with Crippen LogP contribution in [-0.4, -0.2) is 17.6 Å². The van der Waals surface area contributed by atoms with Crippen LogP contribution >= 0.6 is 11.8 Å². The average molecular weight is 278 g/mol. The maximum Gasteiger partial charge on any atom is 0.174 e. The van der Waals surface area contributed by atoms with E-state index in [2.05, 4.69) is 6.92 Å². The second kappa shape index (κ2) is 7.59. The lowest BCUT2D eigenvalue weighted by molar-refractivity contribution is -0.125. The summed E-state index contributed by atoms with van der Waals surface area (Å²) in [5.41, 5.74) is 0. The van der Waals surface area contributed by atoms with Gasteiger partial charge in [0.15, 0.2) is 11.9 Å². The molecule has 1 aliphatic rings. The zero-order valence-electron chi connectivity index (χ0n) is 11.6. The number of rotatable bonds is 7. The molecule has 0 amide bonds. The van der Waals surface area contributed by atoms with Crippen molar-refractivity contribution >= 4 is 17.5 Å². The molecule has 1 aromatic carbocycles. The summed E-state index contributed by atoms with van der Waals surface area (Å²) in [7, 11) is 0. The molecule has 0 saturated carbocycles. The number of ketones is 1. The first-order valence-corrected chi connectivity index (χ1v) is 8.21. The summed E-state index contributed by atoms with van der Waals surface area (Å²) in [6.07, 6.45) is 6.35. The van der Waals surface area contributed by atoms with Gasteiger partial charge in [-0.3, -0.25) is 4.79 Å². The number of carbonyl (C=O) groups excluding carboxylic acids is 1. The molecule has 0 fully saturated rings. The first-order chi connectivity index (χ1) is 9.31. The monoisotopic (exact) mass is 278 g/mol. The van der Waals surface area contributed by atoms with Crippen LogP contribution in [0.5, 0.6) is 5.75 Å². The van der Waals surface area contributed by atoms with Crippen LogP contribution in [0.3, 0.4) is 0 Å². The average Bonchev–Trinajstić information content (AvgIpc) is 2.46. The Balaban J connectivity index is 1.76. The van der Waals surface area contributed by atoms with Gasteiger partial charge in [0.25, 0.3) is 0 Å². The molecule has 1 unspecified atom stereocenters. The molecule has 0 aliphatic carbocycles. The van der Waals surface area contributed by atoms with Crippen LogP contribution in [0.25, 0.3) is 0 Å². The normalized spacial score (nSPS) is 17.6. The number of carbonyl (C=O) groups is 1. The maximum atomic E-state index is 12.1. The van der Waals surface area contributed by atoms with Crippen LogP contribution in [-0.2, 0) is 4.79 Å². The Labute approximate surface area is 119 Å². The summed E-state index contributed by atoms with van der Waals surface area (Å²) >= 11 is 1.73. The van der Waals surface area contributed by atoms with Gasteiger partial charge in [-0.2, -0.15) is 0 Å². The minimum atomic E-state index is -0.244. The van der Waals surface area contributed by atoms with Crippen molar-refractivity contribution in [3.8, 4) is 5.75 Å². The van der Waals surface area contributed by atoms with Gasteiger partial charge in [-0.25, -0.2) is 0 Å². The lowest BCUT2D eigenvalue weighted by atomic mass is 10.1. The number of benzene rings is 1. The van der Waals surface area contributed by atoms with E-state index >= 15 is 0 Å². The fourth-order valence-electron chi connectivity index (χ4n) is 2.24. The van der Waals surface area contributed by atoms with Crippen molar-refractivity contribution in [1.29, 1.82) is 0 Å². The Morgan fingerprint density at radius 2 is 2.05 bits per heavy atom. The zero-order valence-corrected chi connectivity index (χ0v) is 12.4. The van der Waals surface area contributed by atoms with Gasteiger partial charge >= 0.3 is 0 Å². The van der Waals surface area contributed by atoms with Gasteiger partial charge in [-0.1, -0.05) is 44.7 Å². The SMILES string of the molecule is CCCCCCCC(=O)C1CSc2ccccc2O1. The summed E-state index contributed by atoms with van der Waals surface area (Å²) in [6.45, 7) is 2.20. The van der Waals surface area contributed by atoms with Crippen molar-refractivity contribution in [2.75, 3.05) is 5.75 Å². The van der Waals surface area contributed by atoms with E-state index in [4.69, 9.17) is 4.74 Å².